The number of likely N-dealkylation sites (N-methyl/N-ethyl adjacent to an activating group) is 1. The van der Waals surface area contributed by atoms with Crippen LogP contribution in [0.2, 0.25) is 0 Å². The number of nitrogens with zero attached hydrogens (tertiary/aromatic N) is 2. The molecule has 6 nitrogen and oxygen atoms in total. The lowest BCUT2D eigenvalue weighted by Crippen LogP contribution is -2.42. The Balaban J connectivity index is 2.40. The third kappa shape index (κ3) is 6.42. The molecular formula is C13H26N4O2. The van der Waals surface area contributed by atoms with Crippen LogP contribution in [0.4, 0.5) is 0 Å². The number of aliphatic imine (C=N–C) groups is 1. The lowest BCUT2D eigenvalue weighted by Gasteiger charge is -2.15. The Hall–Kier alpha value is -1.30. The van der Waals surface area contributed by atoms with Gasteiger partial charge in [0.1, 0.15) is 6.54 Å². The quantitative estimate of drug-likeness (QED) is 0.534. The molecule has 1 saturated heterocycles. The summed E-state index contributed by atoms with van der Waals surface area (Å²) in [6, 6.07) is 0. The minimum absolute atomic E-state index is 0.00489. The van der Waals surface area contributed by atoms with Crippen LogP contribution in [0.5, 0.6) is 0 Å². The fraction of sp³-hybridized carbons (Fsp3) is 0.846. The number of guanidine groups is 1. The molecule has 0 bridgehead atoms. The normalized spacial score (nSPS) is 19.3. The van der Waals surface area contributed by atoms with Crippen molar-refractivity contribution >= 4 is 11.9 Å². The summed E-state index contributed by atoms with van der Waals surface area (Å²) in [7, 11) is 3.47. The summed E-state index contributed by atoms with van der Waals surface area (Å²) in [4.78, 5) is 17.4. The van der Waals surface area contributed by atoms with Crippen molar-refractivity contribution in [2.24, 2.45) is 4.99 Å². The first-order chi connectivity index (χ1) is 9.13. The van der Waals surface area contributed by atoms with E-state index in [1.165, 1.54) is 0 Å². The first-order valence-corrected chi connectivity index (χ1v) is 6.97. The van der Waals surface area contributed by atoms with Crippen molar-refractivity contribution in [3.8, 4) is 0 Å². The lowest BCUT2D eigenvalue weighted by atomic mass is 10.2. The summed E-state index contributed by atoms with van der Waals surface area (Å²) in [5.74, 6) is 0.683. The molecule has 6 heteroatoms. The second-order valence-electron chi connectivity index (χ2n) is 4.90. The van der Waals surface area contributed by atoms with Crippen LogP contribution in [-0.4, -0.2) is 63.2 Å². The first-order valence-electron chi connectivity index (χ1n) is 6.97. The highest BCUT2D eigenvalue weighted by Gasteiger charge is 2.15. The molecule has 1 amide bonds. The van der Waals surface area contributed by atoms with Crippen LogP contribution in [-0.2, 0) is 9.53 Å². The molecule has 0 spiro atoms. The summed E-state index contributed by atoms with van der Waals surface area (Å²) >= 11 is 0. The van der Waals surface area contributed by atoms with Crippen LogP contribution in [0.3, 0.4) is 0 Å². The van der Waals surface area contributed by atoms with Crippen molar-refractivity contribution in [3.63, 3.8) is 0 Å². The molecule has 1 unspecified atom stereocenters. The van der Waals surface area contributed by atoms with E-state index in [-0.39, 0.29) is 18.6 Å². The van der Waals surface area contributed by atoms with Gasteiger partial charge in [-0.05, 0) is 19.3 Å². The molecule has 1 atom stereocenters. The molecular weight excluding hydrogens is 244 g/mol. The molecule has 0 radical (unpaired) electrons. The maximum absolute atomic E-state index is 11.5. The fourth-order valence-corrected chi connectivity index (χ4v) is 1.72. The number of hydrogen-bond donors (Lipinski definition) is 2. The molecule has 0 saturated carbocycles. The monoisotopic (exact) mass is 270 g/mol. The van der Waals surface area contributed by atoms with Crippen LogP contribution in [0.25, 0.3) is 0 Å². The Labute approximate surface area is 115 Å². The van der Waals surface area contributed by atoms with E-state index in [9.17, 15) is 4.79 Å². The van der Waals surface area contributed by atoms with E-state index in [1.54, 1.807) is 19.0 Å². The zero-order chi connectivity index (χ0) is 14.1. The van der Waals surface area contributed by atoms with Gasteiger partial charge >= 0.3 is 0 Å². The van der Waals surface area contributed by atoms with E-state index in [4.69, 9.17) is 4.74 Å². The van der Waals surface area contributed by atoms with Crippen LogP contribution in [0, 0.1) is 0 Å². The van der Waals surface area contributed by atoms with Crippen molar-refractivity contribution in [1.29, 1.82) is 0 Å². The molecule has 110 valence electrons. The largest absolute Gasteiger partial charge is 0.376 e. The molecule has 1 rings (SSSR count). The molecule has 2 N–H and O–H groups in total. The standard InChI is InChI=1S/C13H26N4O2/c1-4-7-14-13(16-10-12(18)17(2)3)15-9-11-6-5-8-19-11/h11H,4-10H2,1-3H3,(H2,14,15,16). The predicted molar refractivity (Wildman–Crippen MR) is 76.3 cm³/mol. The maximum Gasteiger partial charge on any atom is 0.243 e. The highest BCUT2D eigenvalue weighted by atomic mass is 16.5. The van der Waals surface area contributed by atoms with Gasteiger partial charge in [-0.1, -0.05) is 6.92 Å². The van der Waals surface area contributed by atoms with Crippen LogP contribution < -0.4 is 10.6 Å². The number of amides is 1. The molecule has 19 heavy (non-hydrogen) atoms. The van der Waals surface area contributed by atoms with Crippen molar-refractivity contribution in [1.82, 2.24) is 15.5 Å². The summed E-state index contributed by atoms with van der Waals surface area (Å²) in [5.41, 5.74) is 0. The smallest absolute Gasteiger partial charge is 0.243 e. The van der Waals surface area contributed by atoms with Crippen molar-refractivity contribution in [2.45, 2.75) is 32.3 Å². The predicted octanol–water partition coefficient (Wildman–Crippen LogP) is 0.199. The highest BCUT2D eigenvalue weighted by Crippen LogP contribution is 2.10. The molecule has 0 aliphatic carbocycles. The summed E-state index contributed by atoms with van der Waals surface area (Å²) in [6.45, 7) is 4.69. The minimum Gasteiger partial charge on any atom is -0.376 e. The van der Waals surface area contributed by atoms with Crippen molar-refractivity contribution in [3.05, 3.63) is 0 Å². The summed E-state index contributed by atoms with van der Waals surface area (Å²) in [6.07, 6.45) is 3.49. The lowest BCUT2D eigenvalue weighted by molar-refractivity contribution is -0.127. The Bertz CT molecular complexity index is 299. The molecule has 1 fully saturated rings. The van der Waals surface area contributed by atoms with Gasteiger partial charge in [0.05, 0.1) is 6.10 Å². The van der Waals surface area contributed by atoms with Gasteiger partial charge in [-0.15, -0.1) is 0 Å². The van der Waals surface area contributed by atoms with Gasteiger partial charge in [-0.2, -0.15) is 0 Å². The van der Waals surface area contributed by atoms with E-state index in [1.807, 2.05) is 0 Å². The van der Waals surface area contributed by atoms with Gasteiger partial charge in [0.25, 0.3) is 0 Å². The van der Waals surface area contributed by atoms with Crippen LogP contribution in [0.15, 0.2) is 4.99 Å². The third-order valence-electron chi connectivity index (χ3n) is 2.93. The molecule has 0 aromatic heterocycles. The summed E-state index contributed by atoms with van der Waals surface area (Å²) in [5, 5.41) is 6.43. The second kappa shape index (κ2) is 8.74. The molecule has 0 aromatic carbocycles. The number of carbonyl (C=O) groups excluding carboxylic acids is 1. The molecule has 0 aromatic rings. The van der Waals surface area contributed by atoms with Gasteiger partial charge in [-0.25, -0.2) is 4.99 Å². The van der Waals surface area contributed by atoms with Crippen molar-refractivity contribution < 1.29 is 9.53 Å². The Morgan fingerprint density at radius 3 is 2.79 bits per heavy atom. The average molecular weight is 270 g/mol. The average Bonchev–Trinajstić information content (AvgIpc) is 2.90. The molecule has 1 heterocycles. The van der Waals surface area contributed by atoms with Crippen LogP contribution >= 0.6 is 0 Å². The van der Waals surface area contributed by atoms with Crippen molar-refractivity contribution in [2.75, 3.05) is 40.3 Å². The number of carbonyl (C=O) groups is 1. The van der Waals surface area contributed by atoms with E-state index in [2.05, 4.69) is 22.5 Å². The van der Waals surface area contributed by atoms with Gasteiger partial charge < -0.3 is 20.3 Å². The Kier molecular flexibility index (Phi) is 7.25. The summed E-state index contributed by atoms with van der Waals surface area (Å²) < 4.78 is 5.55. The first kappa shape index (κ1) is 15.8. The number of ether oxygens (including phenoxy) is 1. The number of nitrogens with one attached hydrogen (secondary N) is 2. The Morgan fingerprint density at radius 2 is 2.21 bits per heavy atom. The molecule has 1 aliphatic heterocycles. The fourth-order valence-electron chi connectivity index (χ4n) is 1.72. The second-order valence-corrected chi connectivity index (χ2v) is 4.90. The third-order valence-corrected chi connectivity index (χ3v) is 2.93. The number of rotatable bonds is 6. The maximum atomic E-state index is 11.5. The zero-order valence-electron chi connectivity index (χ0n) is 12.2. The number of hydrogen-bond acceptors (Lipinski definition) is 3. The van der Waals surface area contributed by atoms with E-state index in [0.29, 0.717) is 5.96 Å². The SMILES string of the molecule is CCCNC(=NCC(=O)N(C)C)NCC1CCCO1. The van der Waals surface area contributed by atoms with Gasteiger partial charge in [0.2, 0.25) is 5.91 Å². The Morgan fingerprint density at radius 1 is 1.42 bits per heavy atom. The highest BCUT2D eigenvalue weighted by molar-refractivity contribution is 5.84. The van der Waals surface area contributed by atoms with Crippen LogP contribution in [0.1, 0.15) is 26.2 Å². The van der Waals surface area contributed by atoms with E-state index < -0.39 is 0 Å². The zero-order valence-corrected chi connectivity index (χ0v) is 12.2. The van der Waals surface area contributed by atoms with E-state index >= 15 is 0 Å². The van der Waals surface area contributed by atoms with Gasteiger partial charge in [-0.3, -0.25) is 4.79 Å². The van der Waals surface area contributed by atoms with Gasteiger partial charge in [0.15, 0.2) is 5.96 Å². The van der Waals surface area contributed by atoms with Gasteiger partial charge in [0, 0.05) is 33.8 Å². The van der Waals surface area contributed by atoms with E-state index in [0.717, 1.165) is 39.0 Å². The topological polar surface area (TPSA) is 66.0 Å². The molecule has 1 aliphatic rings. The minimum atomic E-state index is -0.00489.